The second kappa shape index (κ2) is 9.90. The van der Waals surface area contributed by atoms with Crippen LogP contribution in [0.25, 0.3) is 16.9 Å². The lowest BCUT2D eigenvalue weighted by molar-refractivity contribution is 0.0945. The number of imidazole rings is 1. The van der Waals surface area contributed by atoms with Crippen molar-refractivity contribution >= 4 is 23.1 Å². The Balaban J connectivity index is 1.64. The topological polar surface area (TPSA) is 107 Å². The third-order valence-corrected chi connectivity index (χ3v) is 5.67. The summed E-state index contributed by atoms with van der Waals surface area (Å²) >= 11 is 0. The van der Waals surface area contributed by atoms with E-state index in [1.54, 1.807) is 22.7 Å². The highest BCUT2D eigenvalue weighted by Gasteiger charge is 2.20. The lowest BCUT2D eigenvalue weighted by atomic mass is 10.0. The second-order valence-electron chi connectivity index (χ2n) is 9.08. The van der Waals surface area contributed by atoms with Crippen molar-refractivity contribution in [1.29, 1.82) is 0 Å². The molecule has 2 aromatic carbocycles. The summed E-state index contributed by atoms with van der Waals surface area (Å²) < 4.78 is 35.5. The van der Waals surface area contributed by atoms with Gasteiger partial charge in [-0.1, -0.05) is 6.92 Å². The molecule has 0 saturated heterocycles. The predicted octanol–water partition coefficient (Wildman–Crippen LogP) is 4.46. The van der Waals surface area contributed by atoms with Crippen molar-refractivity contribution in [3.63, 3.8) is 0 Å². The van der Waals surface area contributed by atoms with Crippen molar-refractivity contribution in [2.24, 2.45) is 5.73 Å². The van der Waals surface area contributed by atoms with Gasteiger partial charge in [-0.15, -0.1) is 0 Å². The summed E-state index contributed by atoms with van der Waals surface area (Å²) in [5.74, 6) is -2.04. The minimum atomic E-state index is -1.07. The number of carbonyl (C=O) groups excluding carboxylic acids is 1. The van der Waals surface area contributed by atoms with Gasteiger partial charge in [-0.3, -0.25) is 9.20 Å². The monoisotopic (exact) mass is 494 g/mol. The van der Waals surface area contributed by atoms with Crippen LogP contribution >= 0.6 is 0 Å². The Labute approximate surface area is 207 Å². The molecule has 4 aromatic rings. The largest absolute Gasteiger partial charge is 0.494 e. The third-order valence-electron chi connectivity index (χ3n) is 5.67. The molecule has 1 amide bonds. The number of halogens is 2. The summed E-state index contributed by atoms with van der Waals surface area (Å²) in [5.41, 5.74) is 8.40. The molecule has 0 saturated carbocycles. The molecule has 0 bridgehead atoms. The molecule has 2 heterocycles. The molecule has 0 spiro atoms. The quantitative estimate of drug-likeness (QED) is 0.334. The first-order chi connectivity index (χ1) is 17.1. The Morgan fingerprint density at radius 1 is 1.17 bits per heavy atom. The van der Waals surface area contributed by atoms with Gasteiger partial charge < -0.3 is 21.1 Å². The van der Waals surface area contributed by atoms with Gasteiger partial charge in [-0.05, 0) is 56.2 Å². The van der Waals surface area contributed by atoms with Gasteiger partial charge in [0.15, 0.2) is 23.0 Å². The number of fused-ring (bicyclic) bond motifs is 1. The average Bonchev–Trinajstić information content (AvgIpc) is 3.28. The molecule has 0 unspecified atom stereocenters. The van der Waals surface area contributed by atoms with E-state index in [0.29, 0.717) is 41.4 Å². The Kier molecular flexibility index (Phi) is 6.89. The van der Waals surface area contributed by atoms with E-state index in [-0.39, 0.29) is 17.2 Å². The zero-order chi connectivity index (χ0) is 26.0. The molecular weight excluding hydrogens is 466 g/mol. The number of nitrogens with zero attached hydrogens (tertiary/aromatic N) is 3. The molecule has 0 radical (unpaired) electrons. The normalized spacial score (nSPS) is 11.5. The summed E-state index contributed by atoms with van der Waals surface area (Å²) in [5, 5.41) is 6.08. The number of aromatic nitrogens is 3. The van der Waals surface area contributed by atoms with Crippen LogP contribution in [-0.2, 0) is 6.42 Å². The van der Waals surface area contributed by atoms with Gasteiger partial charge in [0.25, 0.3) is 5.91 Å². The van der Waals surface area contributed by atoms with Crippen molar-refractivity contribution in [2.45, 2.75) is 32.7 Å². The van der Waals surface area contributed by atoms with Crippen molar-refractivity contribution < 1.29 is 18.3 Å². The van der Waals surface area contributed by atoms with Crippen LogP contribution in [-0.4, -0.2) is 39.5 Å². The summed E-state index contributed by atoms with van der Waals surface area (Å²) in [6.45, 7) is 6.00. The number of nitrogens with one attached hydrogen (secondary N) is 2. The van der Waals surface area contributed by atoms with Crippen molar-refractivity contribution in [3.8, 4) is 17.0 Å². The highest BCUT2D eigenvalue weighted by Crippen LogP contribution is 2.31. The van der Waals surface area contributed by atoms with Gasteiger partial charge >= 0.3 is 0 Å². The van der Waals surface area contributed by atoms with Gasteiger partial charge in [0, 0.05) is 41.3 Å². The lowest BCUT2D eigenvalue weighted by Crippen LogP contribution is -2.45. The Morgan fingerprint density at radius 2 is 1.94 bits per heavy atom. The Hall–Kier alpha value is -4.05. The maximum atomic E-state index is 14.7. The highest BCUT2D eigenvalue weighted by molar-refractivity contribution is 5.96. The molecule has 0 fully saturated rings. The van der Waals surface area contributed by atoms with Crippen molar-refractivity contribution in [1.82, 2.24) is 19.7 Å². The van der Waals surface area contributed by atoms with Crippen LogP contribution in [0.5, 0.6) is 5.75 Å². The van der Waals surface area contributed by atoms with Crippen LogP contribution < -0.4 is 21.1 Å². The molecule has 0 aliphatic carbocycles. The fourth-order valence-corrected chi connectivity index (χ4v) is 3.82. The first kappa shape index (κ1) is 25.1. The Bertz CT molecular complexity index is 1430. The fourth-order valence-electron chi connectivity index (χ4n) is 3.82. The zero-order valence-corrected chi connectivity index (χ0v) is 20.5. The van der Waals surface area contributed by atoms with Crippen LogP contribution in [0.4, 0.5) is 20.3 Å². The fraction of sp³-hybridized carbons (Fsp3) is 0.269. The van der Waals surface area contributed by atoms with E-state index in [4.69, 9.17) is 10.5 Å². The number of aryl methyl sites for hydroxylation is 1. The number of carbonyl (C=O) groups is 1. The number of ether oxygens (including phenoxy) is 1. The van der Waals surface area contributed by atoms with E-state index in [1.807, 2.05) is 26.8 Å². The smallest absolute Gasteiger partial charge is 0.251 e. The number of anilines is 2. The van der Waals surface area contributed by atoms with Gasteiger partial charge in [-0.25, -0.2) is 14.4 Å². The lowest BCUT2D eigenvalue weighted by Gasteiger charge is -2.19. The minimum Gasteiger partial charge on any atom is -0.494 e. The van der Waals surface area contributed by atoms with Gasteiger partial charge in [0.1, 0.15) is 0 Å². The van der Waals surface area contributed by atoms with Crippen LogP contribution in [0.2, 0.25) is 0 Å². The van der Waals surface area contributed by atoms with Gasteiger partial charge in [0.2, 0.25) is 5.82 Å². The summed E-state index contributed by atoms with van der Waals surface area (Å²) in [6, 6.07) is 8.20. The maximum Gasteiger partial charge on any atom is 0.251 e. The number of methoxy groups -OCH3 is 1. The number of benzene rings is 2. The number of nitrogens with two attached hydrogens (primary N) is 1. The van der Waals surface area contributed by atoms with Crippen molar-refractivity contribution in [3.05, 3.63) is 71.7 Å². The molecule has 36 heavy (non-hydrogen) atoms. The number of hydrogen-bond donors (Lipinski definition) is 3. The number of hydrogen-bond acceptors (Lipinski definition) is 6. The number of rotatable bonds is 8. The average molecular weight is 495 g/mol. The Morgan fingerprint density at radius 3 is 2.64 bits per heavy atom. The summed E-state index contributed by atoms with van der Waals surface area (Å²) in [6.07, 6.45) is 5.25. The molecule has 4 rings (SSSR count). The minimum absolute atomic E-state index is 0.0437. The molecule has 188 valence electrons. The summed E-state index contributed by atoms with van der Waals surface area (Å²) in [7, 11) is 1.28. The molecule has 2 aromatic heterocycles. The molecule has 0 aliphatic rings. The van der Waals surface area contributed by atoms with Gasteiger partial charge in [-0.2, -0.15) is 4.39 Å². The van der Waals surface area contributed by atoms with Crippen LogP contribution in [0, 0.1) is 11.6 Å². The number of amides is 1. The molecule has 0 atom stereocenters. The third kappa shape index (κ3) is 4.99. The summed E-state index contributed by atoms with van der Waals surface area (Å²) in [4.78, 5) is 21.4. The van der Waals surface area contributed by atoms with E-state index in [1.165, 1.54) is 31.6 Å². The van der Waals surface area contributed by atoms with E-state index >= 15 is 0 Å². The van der Waals surface area contributed by atoms with E-state index < -0.39 is 17.2 Å². The van der Waals surface area contributed by atoms with E-state index in [2.05, 4.69) is 20.6 Å². The molecule has 4 N–H and O–H groups in total. The van der Waals surface area contributed by atoms with E-state index in [9.17, 15) is 13.6 Å². The standard InChI is InChI=1S/C26H28F2N6O2/c1-5-15-12-16(6-7-17(15)25(35)32-14-26(2,3)29)33-23-24-31-13-19(34(24)11-10-30-23)18-8-9-20(36-4)22(28)21(18)27/h6-13H,5,14,29H2,1-4H3,(H,30,33)(H,32,35). The van der Waals surface area contributed by atoms with Crippen LogP contribution in [0.15, 0.2) is 48.9 Å². The maximum absolute atomic E-state index is 14.7. The first-order valence-electron chi connectivity index (χ1n) is 11.4. The SMILES string of the molecule is CCc1cc(Nc2nccn3c(-c4ccc(OC)c(F)c4F)cnc23)ccc1C(=O)NCC(C)(C)N. The molecule has 10 heteroatoms. The molecular formula is C26H28F2N6O2. The second-order valence-corrected chi connectivity index (χ2v) is 9.08. The van der Waals surface area contributed by atoms with Crippen LogP contribution in [0.1, 0.15) is 36.7 Å². The zero-order valence-electron chi connectivity index (χ0n) is 20.5. The molecule has 8 nitrogen and oxygen atoms in total. The van der Waals surface area contributed by atoms with Crippen molar-refractivity contribution in [2.75, 3.05) is 19.0 Å². The first-order valence-corrected chi connectivity index (χ1v) is 11.4. The van der Waals surface area contributed by atoms with Gasteiger partial charge in [0.05, 0.1) is 19.0 Å². The van der Waals surface area contributed by atoms with E-state index in [0.717, 1.165) is 5.56 Å². The van der Waals surface area contributed by atoms with Crippen LogP contribution in [0.3, 0.4) is 0 Å². The molecule has 0 aliphatic heterocycles. The predicted molar refractivity (Wildman–Crippen MR) is 135 cm³/mol. The highest BCUT2D eigenvalue weighted by atomic mass is 19.2.